The topological polar surface area (TPSA) is 44.5 Å². The summed E-state index contributed by atoms with van der Waals surface area (Å²) in [5.41, 5.74) is 7.21. The predicted octanol–water partition coefficient (Wildman–Crippen LogP) is 3.55. The Morgan fingerprint density at radius 1 is 1.19 bits per heavy atom. The molecule has 1 fully saturated rings. The van der Waals surface area contributed by atoms with Crippen LogP contribution in [-0.4, -0.2) is 25.9 Å². The van der Waals surface area contributed by atoms with Gasteiger partial charge in [0.1, 0.15) is 5.75 Å². The van der Waals surface area contributed by atoms with Crippen molar-refractivity contribution in [3.8, 4) is 5.75 Å². The van der Waals surface area contributed by atoms with Crippen LogP contribution in [0.3, 0.4) is 0 Å². The molecule has 0 bridgehead atoms. The highest BCUT2D eigenvalue weighted by atomic mass is 16.5. The van der Waals surface area contributed by atoms with E-state index in [0.29, 0.717) is 6.54 Å². The maximum atomic E-state index is 6.22. The summed E-state index contributed by atoms with van der Waals surface area (Å²) in [5, 5.41) is 0. The third-order valence-corrected chi connectivity index (χ3v) is 4.92. The smallest absolute Gasteiger partial charge is 0.118 e. The van der Waals surface area contributed by atoms with E-state index in [4.69, 9.17) is 15.2 Å². The van der Waals surface area contributed by atoms with Gasteiger partial charge in [-0.15, -0.1) is 0 Å². The standard InChI is InChI=1S/C18H29NO2/c1-3-15-8-11-18(14-19,12-9-15)21-13-10-16-4-6-17(20-2)7-5-16/h4-7,15H,3,8-14,19H2,1-2H3. The maximum Gasteiger partial charge on any atom is 0.118 e. The molecular weight excluding hydrogens is 262 g/mol. The number of hydrogen-bond donors (Lipinski definition) is 1. The number of rotatable bonds is 7. The van der Waals surface area contributed by atoms with E-state index in [1.165, 1.54) is 24.8 Å². The Morgan fingerprint density at radius 2 is 1.86 bits per heavy atom. The van der Waals surface area contributed by atoms with Gasteiger partial charge in [-0.2, -0.15) is 0 Å². The minimum absolute atomic E-state index is 0.0713. The summed E-state index contributed by atoms with van der Waals surface area (Å²) in [6, 6.07) is 8.21. The zero-order valence-electron chi connectivity index (χ0n) is 13.4. The van der Waals surface area contributed by atoms with Crippen molar-refractivity contribution in [2.75, 3.05) is 20.3 Å². The van der Waals surface area contributed by atoms with Gasteiger partial charge < -0.3 is 15.2 Å². The first-order valence-electron chi connectivity index (χ1n) is 8.18. The highest BCUT2D eigenvalue weighted by molar-refractivity contribution is 5.27. The normalized spacial score (nSPS) is 25.8. The van der Waals surface area contributed by atoms with Gasteiger partial charge in [0.15, 0.2) is 0 Å². The van der Waals surface area contributed by atoms with Gasteiger partial charge in [-0.25, -0.2) is 0 Å². The molecule has 0 unspecified atom stereocenters. The van der Waals surface area contributed by atoms with Crippen molar-refractivity contribution in [3.63, 3.8) is 0 Å². The number of nitrogens with two attached hydrogens (primary N) is 1. The minimum atomic E-state index is -0.0713. The minimum Gasteiger partial charge on any atom is -0.497 e. The SMILES string of the molecule is CCC1CCC(CN)(OCCc2ccc(OC)cc2)CC1. The second-order valence-corrected chi connectivity index (χ2v) is 6.19. The zero-order chi connectivity index (χ0) is 15.1. The fraction of sp³-hybridized carbons (Fsp3) is 0.667. The molecule has 0 radical (unpaired) electrons. The molecule has 0 aromatic heterocycles. The first-order chi connectivity index (χ1) is 10.2. The van der Waals surface area contributed by atoms with Crippen molar-refractivity contribution in [2.45, 2.75) is 51.0 Å². The molecule has 0 spiro atoms. The monoisotopic (exact) mass is 291 g/mol. The molecule has 3 heteroatoms. The molecule has 1 aliphatic rings. The van der Waals surface area contributed by atoms with Crippen molar-refractivity contribution in [2.24, 2.45) is 11.7 Å². The lowest BCUT2D eigenvalue weighted by Crippen LogP contribution is -2.44. The quantitative estimate of drug-likeness (QED) is 0.835. The van der Waals surface area contributed by atoms with Crippen LogP contribution in [0.5, 0.6) is 5.75 Å². The van der Waals surface area contributed by atoms with E-state index < -0.39 is 0 Å². The Labute approximate surface area is 128 Å². The average Bonchev–Trinajstić information content (AvgIpc) is 2.56. The molecule has 0 heterocycles. The second kappa shape index (κ2) is 7.81. The fourth-order valence-electron chi connectivity index (χ4n) is 3.20. The van der Waals surface area contributed by atoms with Crippen LogP contribution >= 0.6 is 0 Å². The Bertz CT molecular complexity index is 408. The van der Waals surface area contributed by atoms with Crippen LogP contribution in [0.25, 0.3) is 0 Å². The Kier molecular flexibility index (Phi) is 6.07. The molecule has 1 aromatic rings. The second-order valence-electron chi connectivity index (χ2n) is 6.19. The molecule has 21 heavy (non-hydrogen) atoms. The molecule has 118 valence electrons. The van der Waals surface area contributed by atoms with Crippen LogP contribution in [0.1, 0.15) is 44.6 Å². The third kappa shape index (κ3) is 4.45. The van der Waals surface area contributed by atoms with Crippen LogP contribution in [0.4, 0.5) is 0 Å². The third-order valence-electron chi connectivity index (χ3n) is 4.92. The summed E-state index contributed by atoms with van der Waals surface area (Å²) < 4.78 is 11.4. The van der Waals surface area contributed by atoms with Crippen LogP contribution in [0, 0.1) is 5.92 Å². The predicted molar refractivity (Wildman–Crippen MR) is 86.7 cm³/mol. The molecule has 1 aromatic carbocycles. The van der Waals surface area contributed by atoms with Gasteiger partial charge in [0, 0.05) is 6.54 Å². The van der Waals surface area contributed by atoms with Gasteiger partial charge in [-0.05, 0) is 55.7 Å². The molecule has 1 aliphatic carbocycles. The summed E-state index contributed by atoms with van der Waals surface area (Å²) in [5.74, 6) is 1.77. The van der Waals surface area contributed by atoms with Gasteiger partial charge in [-0.3, -0.25) is 0 Å². The highest BCUT2D eigenvalue weighted by Crippen LogP contribution is 2.35. The molecule has 3 nitrogen and oxygen atoms in total. The zero-order valence-corrected chi connectivity index (χ0v) is 13.4. The number of methoxy groups -OCH3 is 1. The van der Waals surface area contributed by atoms with E-state index in [-0.39, 0.29) is 5.60 Å². The summed E-state index contributed by atoms with van der Waals surface area (Å²) in [6.07, 6.45) is 6.97. The molecular formula is C18H29NO2. The van der Waals surface area contributed by atoms with E-state index in [1.807, 2.05) is 12.1 Å². The lowest BCUT2D eigenvalue weighted by molar-refractivity contribution is -0.0702. The van der Waals surface area contributed by atoms with E-state index >= 15 is 0 Å². The van der Waals surface area contributed by atoms with E-state index in [9.17, 15) is 0 Å². The molecule has 0 aliphatic heterocycles. The highest BCUT2D eigenvalue weighted by Gasteiger charge is 2.34. The molecule has 0 saturated heterocycles. The molecule has 2 rings (SSSR count). The van der Waals surface area contributed by atoms with E-state index in [2.05, 4.69) is 19.1 Å². The number of benzene rings is 1. The van der Waals surface area contributed by atoms with E-state index in [1.54, 1.807) is 7.11 Å². The van der Waals surface area contributed by atoms with Crippen molar-refractivity contribution in [1.29, 1.82) is 0 Å². The average molecular weight is 291 g/mol. The number of hydrogen-bond acceptors (Lipinski definition) is 3. The lowest BCUT2D eigenvalue weighted by Gasteiger charge is -2.39. The van der Waals surface area contributed by atoms with E-state index in [0.717, 1.165) is 37.5 Å². The molecule has 0 atom stereocenters. The van der Waals surface area contributed by atoms with Gasteiger partial charge in [0.25, 0.3) is 0 Å². The van der Waals surface area contributed by atoms with Crippen molar-refractivity contribution in [3.05, 3.63) is 29.8 Å². The first kappa shape index (κ1) is 16.3. The fourth-order valence-corrected chi connectivity index (χ4v) is 3.20. The maximum absolute atomic E-state index is 6.22. The molecule has 1 saturated carbocycles. The summed E-state index contributed by atoms with van der Waals surface area (Å²) in [4.78, 5) is 0. The van der Waals surface area contributed by atoms with Crippen LogP contribution in [0.15, 0.2) is 24.3 Å². The van der Waals surface area contributed by atoms with Crippen LogP contribution < -0.4 is 10.5 Å². The Morgan fingerprint density at radius 3 is 2.38 bits per heavy atom. The first-order valence-corrected chi connectivity index (χ1v) is 8.18. The molecule has 0 amide bonds. The number of ether oxygens (including phenoxy) is 2. The summed E-state index contributed by atoms with van der Waals surface area (Å²) in [6.45, 7) is 3.68. The van der Waals surface area contributed by atoms with Crippen LogP contribution in [0.2, 0.25) is 0 Å². The van der Waals surface area contributed by atoms with Crippen molar-refractivity contribution in [1.82, 2.24) is 0 Å². The largest absolute Gasteiger partial charge is 0.497 e. The Hall–Kier alpha value is -1.06. The molecule has 2 N–H and O–H groups in total. The van der Waals surface area contributed by atoms with Gasteiger partial charge >= 0.3 is 0 Å². The summed E-state index contributed by atoms with van der Waals surface area (Å²) >= 11 is 0. The van der Waals surface area contributed by atoms with Gasteiger partial charge in [-0.1, -0.05) is 25.5 Å². The van der Waals surface area contributed by atoms with Gasteiger partial charge in [0.05, 0.1) is 19.3 Å². The van der Waals surface area contributed by atoms with Crippen molar-refractivity contribution >= 4 is 0 Å². The van der Waals surface area contributed by atoms with Gasteiger partial charge in [0.2, 0.25) is 0 Å². The lowest BCUT2D eigenvalue weighted by atomic mass is 9.77. The van der Waals surface area contributed by atoms with Crippen molar-refractivity contribution < 1.29 is 9.47 Å². The van der Waals surface area contributed by atoms with Crippen LogP contribution in [-0.2, 0) is 11.2 Å². The summed E-state index contributed by atoms with van der Waals surface area (Å²) in [7, 11) is 1.69. The Balaban J connectivity index is 1.80.